The number of cyclic esters (lactones) is 1. The summed E-state index contributed by atoms with van der Waals surface area (Å²) in [5.74, 6) is 0.0872. The second kappa shape index (κ2) is 5.34. The van der Waals surface area contributed by atoms with Gasteiger partial charge in [0.1, 0.15) is 5.60 Å². The summed E-state index contributed by atoms with van der Waals surface area (Å²) >= 11 is 0. The predicted octanol–water partition coefficient (Wildman–Crippen LogP) is 2.91. The van der Waals surface area contributed by atoms with E-state index in [1.54, 1.807) is 6.20 Å². The van der Waals surface area contributed by atoms with Gasteiger partial charge in [-0.05, 0) is 30.4 Å². The van der Waals surface area contributed by atoms with Crippen LogP contribution in [0.15, 0.2) is 36.7 Å². The second-order valence-corrected chi connectivity index (χ2v) is 5.11. The van der Waals surface area contributed by atoms with Crippen molar-refractivity contribution in [2.75, 3.05) is 0 Å². The summed E-state index contributed by atoms with van der Waals surface area (Å²) in [6.45, 7) is 4.21. The molecule has 3 heteroatoms. The SMILES string of the molecule is CC(C)C1(CCc2cccnc2)CC=CC(=O)O1. The molecule has 0 bridgehead atoms. The lowest BCUT2D eigenvalue weighted by Gasteiger charge is -2.38. The Bertz CT molecular complexity index is 439. The van der Waals surface area contributed by atoms with E-state index in [9.17, 15) is 4.79 Å². The minimum Gasteiger partial charge on any atom is -0.455 e. The molecule has 0 aromatic carbocycles. The van der Waals surface area contributed by atoms with Crippen molar-refractivity contribution in [3.8, 4) is 0 Å². The highest BCUT2D eigenvalue weighted by Gasteiger charge is 2.37. The molecule has 1 aliphatic heterocycles. The molecule has 1 aliphatic rings. The predicted molar refractivity (Wildman–Crippen MR) is 70.0 cm³/mol. The smallest absolute Gasteiger partial charge is 0.330 e. The van der Waals surface area contributed by atoms with Crippen LogP contribution in [-0.4, -0.2) is 16.6 Å². The molecule has 2 heterocycles. The van der Waals surface area contributed by atoms with Gasteiger partial charge in [0, 0.05) is 24.9 Å². The van der Waals surface area contributed by atoms with Gasteiger partial charge in [-0.25, -0.2) is 4.79 Å². The van der Waals surface area contributed by atoms with Gasteiger partial charge in [-0.2, -0.15) is 0 Å². The van der Waals surface area contributed by atoms with Crippen molar-refractivity contribution in [1.82, 2.24) is 4.98 Å². The zero-order valence-corrected chi connectivity index (χ0v) is 10.9. The molecule has 0 saturated carbocycles. The number of carbonyl (C=O) groups excluding carboxylic acids is 1. The maximum Gasteiger partial charge on any atom is 0.330 e. The van der Waals surface area contributed by atoms with Gasteiger partial charge >= 0.3 is 5.97 Å². The zero-order valence-electron chi connectivity index (χ0n) is 10.9. The van der Waals surface area contributed by atoms with E-state index in [1.807, 2.05) is 18.3 Å². The number of aromatic nitrogens is 1. The fourth-order valence-electron chi connectivity index (χ4n) is 2.33. The van der Waals surface area contributed by atoms with E-state index in [0.717, 1.165) is 19.3 Å². The van der Waals surface area contributed by atoms with Crippen molar-refractivity contribution in [3.63, 3.8) is 0 Å². The highest BCUT2D eigenvalue weighted by Crippen LogP contribution is 2.34. The van der Waals surface area contributed by atoms with E-state index in [2.05, 4.69) is 24.9 Å². The van der Waals surface area contributed by atoms with Crippen LogP contribution in [-0.2, 0) is 16.0 Å². The quantitative estimate of drug-likeness (QED) is 0.766. The Kier molecular flexibility index (Phi) is 3.80. The molecule has 3 nitrogen and oxygen atoms in total. The molecule has 0 spiro atoms. The van der Waals surface area contributed by atoms with Crippen LogP contribution < -0.4 is 0 Å². The molecule has 0 radical (unpaired) electrons. The molecular weight excluding hydrogens is 226 g/mol. The third-order valence-corrected chi connectivity index (χ3v) is 3.63. The third-order valence-electron chi connectivity index (χ3n) is 3.63. The van der Waals surface area contributed by atoms with Crippen molar-refractivity contribution in [2.45, 2.75) is 38.7 Å². The molecule has 0 fully saturated rings. The minimum atomic E-state index is -0.359. The molecule has 1 aromatic heterocycles. The fourth-order valence-corrected chi connectivity index (χ4v) is 2.33. The first-order valence-electron chi connectivity index (χ1n) is 6.41. The number of pyridine rings is 1. The van der Waals surface area contributed by atoms with E-state index in [1.165, 1.54) is 11.6 Å². The van der Waals surface area contributed by atoms with Gasteiger partial charge in [-0.3, -0.25) is 4.98 Å². The largest absolute Gasteiger partial charge is 0.455 e. The summed E-state index contributed by atoms with van der Waals surface area (Å²) in [6, 6.07) is 3.99. The Morgan fingerprint density at radius 2 is 2.33 bits per heavy atom. The molecule has 0 saturated heterocycles. The monoisotopic (exact) mass is 245 g/mol. The molecule has 1 atom stereocenters. The van der Waals surface area contributed by atoms with Crippen LogP contribution in [0.5, 0.6) is 0 Å². The van der Waals surface area contributed by atoms with E-state index < -0.39 is 0 Å². The molecule has 2 rings (SSSR count). The molecule has 96 valence electrons. The molecule has 1 aromatic rings. The lowest BCUT2D eigenvalue weighted by atomic mass is 9.81. The number of esters is 1. The van der Waals surface area contributed by atoms with E-state index in [0.29, 0.717) is 5.92 Å². The highest BCUT2D eigenvalue weighted by atomic mass is 16.6. The molecular formula is C15H19NO2. The summed E-state index contributed by atoms with van der Waals surface area (Å²) in [4.78, 5) is 15.6. The van der Waals surface area contributed by atoms with Crippen LogP contribution in [0.25, 0.3) is 0 Å². The van der Waals surface area contributed by atoms with Gasteiger partial charge in [-0.15, -0.1) is 0 Å². The summed E-state index contributed by atoms with van der Waals surface area (Å²) < 4.78 is 5.61. The molecule has 18 heavy (non-hydrogen) atoms. The average molecular weight is 245 g/mol. The number of hydrogen-bond donors (Lipinski definition) is 0. The van der Waals surface area contributed by atoms with Crippen LogP contribution in [0.4, 0.5) is 0 Å². The first-order valence-corrected chi connectivity index (χ1v) is 6.41. The number of hydrogen-bond acceptors (Lipinski definition) is 3. The van der Waals surface area contributed by atoms with Crippen LogP contribution in [0.3, 0.4) is 0 Å². The van der Waals surface area contributed by atoms with Crippen LogP contribution in [0, 0.1) is 5.92 Å². The Labute approximate surface area is 108 Å². The van der Waals surface area contributed by atoms with Crippen LogP contribution >= 0.6 is 0 Å². The lowest BCUT2D eigenvalue weighted by Crippen LogP contribution is -2.42. The van der Waals surface area contributed by atoms with Crippen molar-refractivity contribution >= 4 is 5.97 Å². The van der Waals surface area contributed by atoms with Gasteiger partial charge in [0.25, 0.3) is 0 Å². The summed E-state index contributed by atoms with van der Waals surface area (Å²) in [5.41, 5.74) is 0.824. The molecule has 0 N–H and O–H groups in total. The van der Waals surface area contributed by atoms with Crippen molar-refractivity contribution in [2.24, 2.45) is 5.92 Å². The van der Waals surface area contributed by atoms with Crippen LogP contribution in [0.1, 0.15) is 32.3 Å². The lowest BCUT2D eigenvalue weighted by molar-refractivity contribution is -0.161. The molecule has 0 amide bonds. The zero-order chi connectivity index (χ0) is 13.0. The number of aryl methyl sites for hydroxylation is 1. The molecule has 1 unspecified atom stereocenters. The van der Waals surface area contributed by atoms with Gasteiger partial charge in [0.15, 0.2) is 0 Å². The minimum absolute atomic E-state index is 0.221. The summed E-state index contributed by atoms with van der Waals surface area (Å²) in [5, 5.41) is 0. The maximum atomic E-state index is 11.5. The Morgan fingerprint density at radius 1 is 1.50 bits per heavy atom. The third kappa shape index (κ3) is 2.78. The molecule has 0 aliphatic carbocycles. The standard InChI is InChI=1S/C15H19NO2/c1-12(2)15(8-3-6-14(17)18-15)9-7-13-5-4-10-16-11-13/h3-6,10-12H,7-9H2,1-2H3. The first-order chi connectivity index (χ1) is 8.62. The topological polar surface area (TPSA) is 39.2 Å². The van der Waals surface area contributed by atoms with Gasteiger partial charge in [0.05, 0.1) is 0 Å². The number of rotatable bonds is 4. The van der Waals surface area contributed by atoms with E-state index in [-0.39, 0.29) is 11.6 Å². The number of nitrogens with zero attached hydrogens (tertiary/aromatic N) is 1. The summed E-state index contributed by atoms with van der Waals surface area (Å²) in [6.07, 6.45) is 9.61. The van der Waals surface area contributed by atoms with Crippen molar-refractivity contribution in [1.29, 1.82) is 0 Å². The van der Waals surface area contributed by atoms with Crippen molar-refractivity contribution in [3.05, 3.63) is 42.2 Å². The van der Waals surface area contributed by atoms with Gasteiger partial charge in [0.2, 0.25) is 0 Å². The Balaban J connectivity index is 2.08. The normalized spacial score (nSPS) is 23.2. The number of carbonyl (C=O) groups is 1. The average Bonchev–Trinajstić information content (AvgIpc) is 2.37. The van der Waals surface area contributed by atoms with Crippen molar-refractivity contribution < 1.29 is 9.53 Å². The Morgan fingerprint density at radius 3 is 2.94 bits per heavy atom. The van der Waals surface area contributed by atoms with Gasteiger partial charge in [-0.1, -0.05) is 26.0 Å². The maximum absolute atomic E-state index is 11.5. The van der Waals surface area contributed by atoms with Gasteiger partial charge < -0.3 is 4.74 Å². The number of ether oxygens (including phenoxy) is 1. The van der Waals surface area contributed by atoms with E-state index >= 15 is 0 Å². The first kappa shape index (κ1) is 12.8. The Hall–Kier alpha value is -1.64. The fraction of sp³-hybridized carbons (Fsp3) is 0.467. The second-order valence-electron chi connectivity index (χ2n) is 5.11. The van der Waals surface area contributed by atoms with E-state index in [4.69, 9.17) is 4.74 Å². The highest BCUT2D eigenvalue weighted by molar-refractivity contribution is 5.83. The summed E-state index contributed by atoms with van der Waals surface area (Å²) in [7, 11) is 0. The van der Waals surface area contributed by atoms with Crippen LogP contribution in [0.2, 0.25) is 0 Å².